The molecule has 3 aromatic carbocycles. The van der Waals surface area contributed by atoms with Gasteiger partial charge in [0.05, 0.1) is 17.8 Å². The Labute approximate surface area is 194 Å². The Balaban J connectivity index is 1.52. The third kappa shape index (κ3) is 5.12. The van der Waals surface area contributed by atoms with Crippen LogP contribution in [0.1, 0.15) is 45.8 Å². The SMILES string of the molecule is Cc1cc(O)cc(C)c1C[C@H](N)C(=O)N[C@@H]1CCNc2c(O)cc(Cc3ccccc3)cc21. The van der Waals surface area contributed by atoms with Crippen molar-refractivity contribution in [2.75, 3.05) is 11.9 Å². The Hall–Kier alpha value is -3.51. The molecule has 2 atom stereocenters. The number of aryl methyl sites for hydroxylation is 2. The van der Waals surface area contributed by atoms with Gasteiger partial charge < -0.3 is 26.6 Å². The van der Waals surface area contributed by atoms with Gasteiger partial charge in [0.2, 0.25) is 5.91 Å². The monoisotopic (exact) mass is 445 g/mol. The Morgan fingerprint density at radius 2 is 1.79 bits per heavy atom. The molecule has 33 heavy (non-hydrogen) atoms. The van der Waals surface area contributed by atoms with Crippen molar-refractivity contribution in [3.8, 4) is 11.5 Å². The van der Waals surface area contributed by atoms with Crippen LogP contribution in [0.3, 0.4) is 0 Å². The fraction of sp³-hybridized carbons (Fsp3) is 0.296. The maximum Gasteiger partial charge on any atom is 0.237 e. The molecular weight excluding hydrogens is 414 g/mol. The quantitative estimate of drug-likeness (QED) is 0.371. The van der Waals surface area contributed by atoms with E-state index in [1.54, 1.807) is 18.2 Å². The first-order valence-corrected chi connectivity index (χ1v) is 11.3. The van der Waals surface area contributed by atoms with Crippen LogP contribution in [0.2, 0.25) is 0 Å². The molecule has 4 rings (SSSR count). The maximum atomic E-state index is 13.0. The van der Waals surface area contributed by atoms with E-state index in [1.165, 1.54) is 0 Å². The summed E-state index contributed by atoms with van der Waals surface area (Å²) in [6.45, 7) is 4.47. The molecule has 0 saturated heterocycles. The van der Waals surface area contributed by atoms with Crippen LogP contribution >= 0.6 is 0 Å². The van der Waals surface area contributed by atoms with Gasteiger partial charge in [0, 0.05) is 12.1 Å². The number of nitrogens with two attached hydrogens (primary N) is 1. The predicted molar refractivity (Wildman–Crippen MR) is 131 cm³/mol. The average Bonchev–Trinajstić information content (AvgIpc) is 2.77. The van der Waals surface area contributed by atoms with E-state index in [4.69, 9.17) is 5.73 Å². The molecule has 6 nitrogen and oxygen atoms in total. The smallest absolute Gasteiger partial charge is 0.237 e. The van der Waals surface area contributed by atoms with Gasteiger partial charge in [-0.2, -0.15) is 0 Å². The van der Waals surface area contributed by atoms with Crippen LogP contribution in [0.25, 0.3) is 0 Å². The van der Waals surface area contributed by atoms with E-state index in [2.05, 4.69) is 28.8 Å². The molecule has 3 aromatic rings. The standard InChI is InChI=1S/C27H31N3O3/c1-16-10-20(31)11-17(2)21(16)15-23(28)27(33)30-24-8-9-29-26-22(24)13-19(14-25(26)32)12-18-6-4-3-5-7-18/h3-7,10-11,13-14,23-24,29,31-32H,8-9,12,15,28H2,1-2H3,(H,30,33)/t23-,24+/m0/s1. The predicted octanol–water partition coefficient (Wildman–Crippen LogP) is 3.85. The highest BCUT2D eigenvalue weighted by Crippen LogP contribution is 2.38. The van der Waals surface area contributed by atoms with Crippen molar-refractivity contribution >= 4 is 11.6 Å². The summed E-state index contributed by atoms with van der Waals surface area (Å²) < 4.78 is 0. The summed E-state index contributed by atoms with van der Waals surface area (Å²) in [7, 11) is 0. The zero-order valence-electron chi connectivity index (χ0n) is 19.1. The summed E-state index contributed by atoms with van der Waals surface area (Å²) in [5.41, 5.74) is 12.8. The van der Waals surface area contributed by atoms with Crippen LogP contribution in [0.5, 0.6) is 11.5 Å². The minimum atomic E-state index is -0.716. The summed E-state index contributed by atoms with van der Waals surface area (Å²) >= 11 is 0. The number of carbonyl (C=O) groups excluding carboxylic acids is 1. The van der Waals surface area contributed by atoms with Gasteiger partial charge >= 0.3 is 0 Å². The van der Waals surface area contributed by atoms with Crippen molar-refractivity contribution in [3.05, 3.63) is 88.0 Å². The topological polar surface area (TPSA) is 108 Å². The van der Waals surface area contributed by atoms with Crippen molar-refractivity contribution in [3.63, 3.8) is 0 Å². The minimum Gasteiger partial charge on any atom is -0.508 e. The van der Waals surface area contributed by atoms with E-state index < -0.39 is 6.04 Å². The molecule has 0 radical (unpaired) electrons. The van der Waals surface area contributed by atoms with Gasteiger partial charge in [0.15, 0.2) is 0 Å². The second-order valence-corrected chi connectivity index (χ2v) is 8.89. The van der Waals surface area contributed by atoms with Gasteiger partial charge in [-0.1, -0.05) is 36.4 Å². The minimum absolute atomic E-state index is 0.192. The maximum absolute atomic E-state index is 13.0. The van der Waals surface area contributed by atoms with E-state index in [-0.39, 0.29) is 23.4 Å². The van der Waals surface area contributed by atoms with E-state index in [0.29, 0.717) is 31.5 Å². The normalized spacial score (nSPS) is 15.9. The number of anilines is 1. The molecule has 1 aliphatic rings. The number of phenolic OH excluding ortho intramolecular Hbond substituents is 2. The molecule has 0 aromatic heterocycles. The lowest BCUT2D eigenvalue weighted by molar-refractivity contribution is -0.123. The van der Waals surface area contributed by atoms with E-state index in [1.807, 2.05) is 32.0 Å². The fourth-order valence-corrected chi connectivity index (χ4v) is 4.64. The number of hydrogen-bond acceptors (Lipinski definition) is 5. The van der Waals surface area contributed by atoms with Gasteiger partial charge in [0.25, 0.3) is 0 Å². The number of amides is 1. The number of carbonyl (C=O) groups is 1. The first-order valence-electron chi connectivity index (χ1n) is 11.3. The van der Waals surface area contributed by atoms with Crippen molar-refractivity contribution in [2.45, 2.75) is 45.2 Å². The summed E-state index contributed by atoms with van der Waals surface area (Å²) in [5, 5.41) is 26.8. The number of fused-ring (bicyclic) bond motifs is 1. The zero-order chi connectivity index (χ0) is 23.5. The number of hydrogen-bond donors (Lipinski definition) is 5. The molecule has 1 amide bonds. The molecule has 6 heteroatoms. The van der Waals surface area contributed by atoms with Crippen molar-refractivity contribution in [2.24, 2.45) is 5.73 Å². The second-order valence-electron chi connectivity index (χ2n) is 8.89. The van der Waals surface area contributed by atoms with Crippen LogP contribution in [-0.4, -0.2) is 28.7 Å². The van der Waals surface area contributed by atoms with E-state index in [0.717, 1.165) is 33.4 Å². The van der Waals surface area contributed by atoms with Gasteiger partial charge in [-0.25, -0.2) is 0 Å². The summed E-state index contributed by atoms with van der Waals surface area (Å²) in [4.78, 5) is 13.0. The lowest BCUT2D eigenvalue weighted by Crippen LogP contribution is -2.44. The first-order chi connectivity index (χ1) is 15.8. The highest BCUT2D eigenvalue weighted by molar-refractivity contribution is 5.83. The molecule has 0 saturated carbocycles. The molecular formula is C27H31N3O3. The number of benzene rings is 3. The molecule has 0 unspecified atom stereocenters. The number of rotatable bonds is 6. The molecule has 0 bridgehead atoms. The zero-order valence-corrected chi connectivity index (χ0v) is 19.1. The number of nitrogens with one attached hydrogen (secondary N) is 2. The van der Waals surface area contributed by atoms with E-state index in [9.17, 15) is 15.0 Å². The van der Waals surface area contributed by atoms with Crippen molar-refractivity contribution in [1.82, 2.24) is 5.32 Å². The van der Waals surface area contributed by atoms with Gasteiger partial charge in [-0.3, -0.25) is 4.79 Å². The first kappa shape index (κ1) is 22.7. The van der Waals surface area contributed by atoms with Crippen LogP contribution in [0.15, 0.2) is 54.6 Å². The van der Waals surface area contributed by atoms with Gasteiger partial charge in [-0.05, 0) is 79.1 Å². The molecule has 1 aliphatic heterocycles. The van der Waals surface area contributed by atoms with Crippen LogP contribution in [-0.2, 0) is 17.6 Å². The fourth-order valence-electron chi connectivity index (χ4n) is 4.64. The third-order valence-corrected chi connectivity index (χ3v) is 6.33. The molecule has 0 spiro atoms. The largest absolute Gasteiger partial charge is 0.508 e. The molecule has 0 aliphatic carbocycles. The van der Waals surface area contributed by atoms with Crippen molar-refractivity contribution < 1.29 is 15.0 Å². The Kier molecular flexibility index (Phi) is 6.56. The van der Waals surface area contributed by atoms with Gasteiger partial charge in [-0.15, -0.1) is 0 Å². The Bertz CT molecular complexity index is 1140. The molecule has 172 valence electrons. The Morgan fingerprint density at radius 3 is 2.48 bits per heavy atom. The Morgan fingerprint density at radius 1 is 1.09 bits per heavy atom. The highest BCUT2D eigenvalue weighted by Gasteiger charge is 2.27. The van der Waals surface area contributed by atoms with Crippen LogP contribution in [0, 0.1) is 13.8 Å². The molecule has 1 heterocycles. The second kappa shape index (κ2) is 9.55. The lowest BCUT2D eigenvalue weighted by atomic mass is 9.92. The molecule has 6 N–H and O–H groups in total. The highest BCUT2D eigenvalue weighted by atomic mass is 16.3. The van der Waals surface area contributed by atoms with Gasteiger partial charge in [0.1, 0.15) is 11.5 Å². The summed E-state index contributed by atoms with van der Waals surface area (Å²) in [5.74, 6) is 0.175. The van der Waals surface area contributed by atoms with E-state index >= 15 is 0 Å². The van der Waals surface area contributed by atoms with Crippen LogP contribution in [0.4, 0.5) is 5.69 Å². The summed E-state index contributed by atoms with van der Waals surface area (Å²) in [6.07, 6.45) is 1.79. The van der Waals surface area contributed by atoms with Crippen molar-refractivity contribution in [1.29, 1.82) is 0 Å². The summed E-state index contributed by atoms with van der Waals surface area (Å²) in [6, 6.07) is 16.3. The third-order valence-electron chi connectivity index (χ3n) is 6.33. The number of aromatic hydroxyl groups is 2. The number of phenols is 2. The molecule has 0 fully saturated rings. The van der Waals surface area contributed by atoms with Crippen LogP contribution < -0.4 is 16.4 Å². The average molecular weight is 446 g/mol. The lowest BCUT2D eigenvalue weighted by Gasteiger charge is -2.30.